The van der Waals surface area contributed by atoms with Gasteiger partial charge in [-0.15, -0.1) is 0 Å². The highest BCUT2D eigenvalue weighted by Crippen LogP contribution is 2.43. The summed E-state index contributed by atoms with van der Waals surface area (Å²) in [6, 6.07) is 51.3. The first-order valence-electron chi connectivity index (χ1n) is 16.7. The first kappa shape index (κ1) is 29.4. The van der Waals surface area contributed by atoms with Gasteiger partial charge in [-0.25, -0.2) is 9.98 Å². The largest absolute Gasteiger partial charge is 0.454 e. The summed E-state index contributed by atoms with van der Waals surface area (Å²) in [6.07, 6.45) is 5.23. The van der Waals surface area contributed by atoms with E-state index in [9.17, 15) is 0 Å². The van der Waals surface area contributed by atoms with Crippen LogP contribution in [0.4, 0.5) is 22.9 Å². The molecule has 0 fully saturated rings. The molecule has 3 heterocycles. The highest BCUT2D eigenvalue weighted by atomic mass is 16.3. The Morgan fingerprint density at radius 2 is 1.36 bits per heavy atom. The standard InChI is InChI=1S/C45H32N4O/c1-3-26-46-45-30(2)27-35(29-47-45)49-40-17-9-7-14-36(40)39-28-32(22-25-41(39)49)31-20-23-34(24-21-31)48(33-12-5-4-6-13-33)42-18-11-16-38-37-15-8-10-19-43(37)50-44(38)42/h3-29H,1H2,2H3. The van der Waals surface area contributed by atoms with Gasteiger partial charge in [-0.05, 0) is 84.3 Å². The summed E-state index contributed by atoms with van der Waals surface area (Å²) in [6.45, 7) is 5.77. The molecular formula is C45H32N4O. The summed E-state index contributed by atoms with van der Waals surface area (Å²) >= 11 is 0. The maximum Gasteiger partial charge on any atom is 0.159 e. The number of allylic oxidation sites excluding steroid dienone is 1. The molecule has 0 saturated carbocycles. The number of nitrogens with zero attached hydrogens (tertiary/aromatic N) is 4. The Hall–Kier alpha value is -6.72. The number of furan rings is 1. The van der Waals surface area contributed by atoms with Crippen molar-refractivity contribution in [3.63, 3.8) is 0 Å². The summed E-state index contributed by atoms with van der Waals surface area (Å²) in [5.41, 5.74) is 11.4. The van der Waals surface area contributed by atoms with E-state index in [2.05, 4.69) is 153 Å². The molecule has 9 rings (SSSR count). The van der Waals surface area contributed by atoms with Crippen LogP contribution in [0.1, 0.15) is 5.56 Å². The Balaban J connectivity index is 1.14. The Bertz CT molecular complexity index is 2740. The number of para-hydroxylation sites is 4. The Labute approximate surface area is 289 Å². The van der Waals surface area contributed by atoms with Crippen LogP contribution >= 0.6 is 0 Å². The van der Waals surface area contributed by atoms with Crippen molar-refractivity contribution in [2.75, 3.05) is 4.90 Å². The number of hydrogen-bond acceptors (Lipinski definition) is 4. The molecule has 5 nitrogen and oxygen atoms in total. The van der Waals surface area contributed by atoms with Crippen LogP contribution in [0.5, 0.6) is 0 Å². The van der Waals surface area contributed by atoms with Crippen LogP contribution in [0.3, 0.4) is 0 Å². The predicted molar refractivity (Wildman–Crippen MR) is 209 cm³/mol. The van der Waals surface area contributed by atoms with Crippen molar-refractivity contribution in [2.45, 2.75) is 6.92 Å². The second-order valence-electron chi connectivity index (χ2n) is 12.4. The number of aryl methyl sites for hydroxylation is 1. The number of fused-ring (bicyclic) bond motifs is 6. The minimum atomic E-state index is 0.695. The first-order valence-corrected chi connectivity index (χ1v) is 16.7. The number of rotatable bonds is 7. The summed E-state index contributed by atoms with van der Waals surface area (Å²) in [5.74, 6) is 0.695. The van der Waals surface area contributed by atoms with Gasteiger partial charge in [0.05, 0.1) is 28.6 Å². The van der Waals surface area contributed by atoms with Gasteiger partial charge >= 0.3 is 0 Å². The van der Waals surface area contributed by atoms with Gasteiger partial charge in [0.25, 0.3) is 0 Å². The molecule has 0 amide bonds. The lowest BCUT2D eigenvalue weighted by Gasteiger charge is -2.25. The molecule has 0 atom stereocenters. The molecule has 0 spiro atoms. The van der Waals surface area contributed by atoms with Crippen LogP contribution in [-0.4, -0.2) is 15.8 Å². The van der Waals surface area contributed by atoms with E-state index in [0.717, 1.165) is 72.4 Å². The quantitative estimate of drug-likeness (QED) is 0.162. The first-order chi connectivity index (χ1) is 24.7. The fraction of sp³-hybridized carbons (Fsp3) is 0.0222. The van der Waals surface area contributed by atoms with Crippen molar-refractivity contribution in [2.24, 2.45) is 4.99 Å². The molecule has 6 aromatic carbocycles. The van der Waals surface area contributed by atoms with Crippen molar-refractivity contribution in [1.82, 2.24) is 9.55 Å². The lowest BCUT2D eigenvalue weighted by Crippen LogP contribution is -2.10. The van der Waals surface area contributed by atoms with Gasteiger partial charge in [0.15, 0.2) is 11.4 Å². The number of pyridine rings is 1. The number of anilines is 3. The summed E-state index contributed by atoms with van der Waals surface area (Å²) in [7, 11) is 0. The lowest BCUT2D eigenvalue weighted by molar-refractivity contribution is 0.669. The summed E-state index contributed by atoms with van der Waals surface area (Å²) in [4.78, 5) is 11.4. The fourth-order valence-corrected chi connectivity index (χ4v) is 7.08. The molecule has 9 aromatic rings. The fourth-order valence-electron chi connectivity index (χ4n) is 7.08. The number of hydrogen-bond donors (Lipinski definition) is 0. The van der Waals surface area contributed by atoms with E-state index in [1.54, 1.807) is 12.3 Å². The van der Waals surface area contributed by atoms with Crippen LogP contribution in [0.15, 0.2) is 174 Å². The third kappa shape index (κ3) is 4.87. The van der Waals surface area contributed by atoms with Gasteiger partial charge in [-0.3, -0.25) is 0 Å². The second-order valence-corrected chi connectivity index (χ2v) is 12.4. The van der Waals surface area contributed by atoms with Gasteiger partial charge in [0.1, 0.15) is 5.58 Å². The summed E-state index contributed by atoms with van der Waals surface area (Å²) in [5, 5.41) is 4.61. The number of benzene rings is 6. The minimum Gasteiger partial charge on any atom is -0.454 e. The SMILES string of the molecule is C=CC=Nc1ncc(-n2c3ccccc3c3cc(-c4ccc(N(c5ccccc5)c5cccc6c5oc5ccccc56)cc4)ccc32)cc1C. The van der Waals surface area contributed by atoms with Crippen LogP contribution in [0.2, 0.25) is 0 Å². The molecule has 238 valence electrons. The molecule has 0 aliphatic heterocycles. The normalized spacial score (nSPS) is 11.7. The van der Waals surface area contributed by atoms with Crippen molar-refractivity contribution in [3.05, 3.63) is 170 Å². The molecule has 0 aliphatic rings. The second kappa shape index (κ2) is 12.1. The van der Waals surface area contributed by atoms with Gasteiger partial charge < -0.3 is 13.9 Å². The van der Waals surface area contributed by atoms with E-state index < -0.39 is 0 Å². The molecule has 0 saturated heterocycles. The Morgan fingerprint density at radius 3 is 2.18 bits per heavy atom. The predicted octanol–water partition coefficient (Wildman–Crippen LogP) is 12.4. The zero-order chi connectivity index (χ0) is 33.6. The average molecular weight is 645 g/mol. The average Bonchev–Trinajstić information content (AvgIpc) is 3.71. The molecular weight excluding hydrogens is 613 g/mol. The maximum atomic E-state index is 6.48. The summed E-state index contributed by atoms with van der Waals surface area (Å²) < 4.78 is 8.77. The van der Waals surface area contributed by atoms with E-state index >= 15 is 0 Å². The van der Waals surface area contributed by atoms with Crippen molar-refractivity contribution >= 4 is 72.8 Å². The molecule has 0 N–H and O–H groups in total. The van der Waals surface area contributed by atoms with E-state index in [-0.39, 0.29) is 0 Å². The van der Waals surface area contributed by atoms with E-state index in [4.69, 9.17) is 4.42 Å². The molecule has 5 heteroatoms. The Kier molecular flexibility index (Phi) is 7.10. The Morgan fingerprint density at radius 1 is 0.660 bits per heavy atom. The van der Waals surface area contributed by atoms with Gasteiger partial charge in [0, 0.05) is 39.1 Å². The van der Waals surface area contributed by atoms with Crippen LogP contribution in [0, 0.1) is 6.92 Å². The van der Waals surface area contributed by atoms with Crippen LogP contribution in [-0.2, 0) is 0 Å². The third-order valence-electron chi connectivity index (χ3n) is 9.37. The molecule has 0 radical (unpaired) electrons. The van der Waals surface area contributed by atoms with Crippen molar-refractivity contribution < 1.29 is 4.42 Å². The maximum absolute atomic E-state index is 6.48. The molecule has 0 bridgehead atoms. The third-order valence-corrected chi connectivity index (χ3v) is 9.37. The molecule has 50 heavy (non-hydrogen) atoms. The van der Waals surface area contributed by atoms with Gasteiger partial charge in [0.2, 0.25) is 0 Å². The van der Waals surface area contributed by atoms with E-state index in [0.29, 0.717) is 5.82 Å². The van der Waals surface area contributed by atoms with Gasteiger partial charge in [-0.2, -0.15) is 0 Å². The van der Waals surface area contributed by atoms with Crippen LogP contribution in [0.25, 0.3) is 60.6 Å². The van der Waals surface area contributed by atoms with E-state index in [1.165, 1.54) is 10.8 Å². The van der Waals surface area contributed by atoms with E-state index in [1.807, 2.05) is 31.3 Å². The molecule has 0 aliphatic carbocycles. The van der Waals surface area contributed by atoms with Gasteiger partial charge in [-0.1, -0.05) is 97.6 Å². The minimum absolute atomic E-state index is 0.695. The van der Waals surface area contributed by atoms with Crippen LogP contribution < -0.4 is 4.90 Å². The van der Waals surface area contributed by atoms with Crippen molar-refractivity contribution in [3.8, 4) is 16.8 Å². The smallest absolute Gasteiger partial charge is 0.159 e. The highest BCUT2D eigenvalue weighted by molar-refractivity contribution is 6.11. The molecule has 3 aromatic heterocycles. The van der Waals surface area contributed by atoms with Crippen molar-refractivity contribution in [1.29, 1.82) is 0 Å². The zero-order valence-electron chi connectivity index (χ0n) is 27.5. The number of aromatic nitrogens is 2. The monoisotopic (exact) mass is 644 g/mol. The molecule has 0 unspecified atom stereocenters. The number of aliphatic imine (C=N–C) groups is 1. The lowest BCUT2D eigenvalue weighted by atomic mass is 10.0. The zero-order valence-corrected chi connectivity index (χ0v) is 27.5. The topological polar surface area (TPSA) is 46.6 Å². The highest BCUT2D eigenvalue weighted by Gasteiger charge is 2.20.